The van der Waals surface area contributed by atoms with Crippen LogP contribution in [0.2, 0.25) is 0 Å². The highest BCUT2D eigenvalue weighted by molar-refractivity contribution is 7.50. The van der Waals surface area contributed by atoms with Gasteiger partial charge in [0.15, 0.2) is 0 Å². The van der Waals surface area contributed by atoms with Crippen LogP contribution in [0, 0.1) is 0 Å². The van der Waals surface area contributed by atoms with Crippen molar-refractivity contribution in [1.82, 2.24) is 19.9 Å². The molecular weight excluding hydrogens is 564 g/mol. The number of benzene rings is 1. The average Bonchev–Trinajstić information content (AvgIpc) is 3.19. The molecule has 0 atom stereocenters. The fraction of sp³-hybridized carbons (Fsp3) is 0.385. The van der Waals surface area contributed by atoms with E-state index in [1.807, 2.05) is 6.07 Å². The summed E-state index contributed by atoms with van der Waals surface area (Å²) in [6.45, 7) is 0.393. The number of aliphatic hydroxyl groups is 1. The summed E-state index contributed by atoms with van der Waals surface area (Å²) in [5.41, 5.74) is 1.69. The number of pyridine rings is 1. The summed E-state index contributed by atoms with van der Waals surface area (Å²) in [5, 5.41) is 15.4. The second kappa shape index (κ2) is 11.0. The molecule has 0 unspecified atom stereocenters. The fourth-order valence-electron chi connectivity index (χ4n) is 5.26. The third-order valence-electron chi connectivity index (χ3n) is 7.24. The number of carbonyl (C=O) groups excluding carboxylic acids is 1. The van der Waals surface area contributed by atoms with Crippen LogP contribution in [-0.4, -0.2) is 53.8 Å². The van der Waals surface area contributed by atoms with Gasteiger partial charge in [-0.05, 0) is 60.9 Å². The number of aliphatic hydroxyl groups excluding tert-OH is 1. The van der Waals surface area contributed by atoms with Crippen molar-refractivity contribution in [2.75, 3.05) is 17.7 Å². The van der Waals surface area contributed by atoms with E-state index in [4.69, 9.17) is 9.79 Å². The molecule has 0 spiro atoms. The van der Waals surface area contributed by atoms with Crippen LogP contribution in [0.1, 0.15) is 64.3 Å². The van der Waals surface area contributed by atoms with Gasteiger partial charge in [0, 0.05) is 19.8 Å². The molecule has 1 fully saturated rings. The van der Waals surface area contributed by atoms with E-state index in [2.05, 4.69) is 25.6 Å². The zero-order chi connectivity index (χ0) is 29.5. The van der Waals surface area contributed by atoms with Gasteiger partial charge in [-0.2, -0.15) is 18.2 Å². The van der Waals surface area contributed by atoms with Crippen LogP contribution in [0.4, 0.5) is 36.3 Å². The number of nitrogens with zero attached hydrogens (tertiary/aromatic N) is 4. The van der Waals surface area contributed by atoms with E-state index in [9.17, 15) is 27.6 Å². The monoisotopic (exact) mass is 592 g/mol. The van der Waals surface area contributed by atoms with E-state index in [1.54, 1.807) is 18.0 Å². The van der Waals surface area contributed by atoms with Crippen molar-refractivity contribution in [3.05, 3.63) is 64.6 Å². The van der Waals surface area contributed by atoms with E-state index >= 15 is 0 Å². The number of alkyl halides is 3. The van der Waals surface area contributed by atoms with E-state index in [-0.39, 0.29) is 35.3 Å². The van der Waals surface area contributed by atoms with Gasteiger partial charge in [-0.15, -0.1) is 0 Å². The molecule has 15 heteroatoms. The lowest BCUT2D eigenvalue weighted by atomic mass is 9.80. The van der Waals surface area contributed by atoms with Crippen molar-refractivity contribution >= 4 is 36.6 Å². The number of carbonyl (C=O) groups is 1. The number of amides is 1. The number of anilines is 4. The summed E-state index contributed by atoms with van der Waals surface area (Å²) in [7, 11) is -2.69. The van der Waals surface area contributed by atoms with Gasteiger partial charge >= 0.3 is 13.8 Å². The van der Waals surface area contributed by atoms with Crippen LogP contribution in [0.25, 0.3) is 0 Å². The predicted octanol–water partition coefficient (Wildman–Crippen LogP) is 4.66. The Labute approximate surface area is 233 Å². The van der Waals surface area contributed by atoms with Crippen molar-refractivity contribution in [2.24, 2.45) is 0 Å². The van der Waals surface area contributed by atoms with Gasteiger partial charge < -0.3 is 30.4 Å². The Bertz CT molecular complexity index is 1510. The van der Waals surface area contributed by atoms with Gasteiger partial charge in [0.1, 0.15) is 11.4 Å². The van der Waals surface area contributed by atoms with Crippen molar-refractivity contribution < 1.29 is 37.4 Å². The highest BCUT2D eigenvalue weighted by atomic mass is 31.2. The third-order valence-corrected chi connectivity index (χ3v) is 7.97. The predicted molar refractivity (Wildman–Crippen MR) is 143 cm³/mol. The van der Waals surface area contributed by atoms with Crippen LogP contribution in [0.5, 0.6) is 0 Å². The second-order valence-electron chi connectivity index (χ2n) is 10.3. The van der Waals surface area contributed by atoms with Crippen molar-refractivity contribution in [3.63, 3.8) is 0 Å². The van der Waals surface area contributed by atoms with Crippen molar-refractivity contribution in [1.29, 1.82) is 0 Å². The Morgan fingerprint density at radius 3 is 2.41 bits per heavy atom. The van der Waals surface area contributed by atoms with Crippen LogP contribution in [0.15, 0.2) is 36.7 Å². The zero-order valence-electron chi connectivity index (χ0n) is 21.9. The van der Waals surface area contributed by atoms with E-state index in [0.29, 0.717) is 36.8 Å². The van der Waals surface area contributed by atoms with Gasteiger partial charge in [-0.1, -0.05) is 6.07 Å². The smallest absolute Gasteiger partial charge is 0.393 e. The van der Waals surface area contributed by atoms with Gasteiger partial charge in [0.2, 0.25) is 5.95 Å². The number of halogens is 3. The molecule has 3 aromatic rings. The number of fused-ring (bicyclic) bond motifs is 1. The maximum atomic E-state index is 13.8. The summed E-state index contributed by atoms with van der Waals surface area (Å²) in [5.74, 6) is -0.783. The van der Waals surface area contributed by atoms with E-state index in [0.717, 1.165) is 30.2 Å². The first-order valence-corrected chi connectivity index (χ1v) is 14.7. The highest BCUT2D eigenvalue weighted by Gasteiger charge is 2.36. The van der Waals surface area contributed by atoms with E-state index < -0.39 is 31.3 Å². The topological polar surface area (TPSA) is 161 Å². The first kappa shape index (κ1) is 28.9. The number of rotatable bonds is 7. The second-order valence-corrected chi connectivity index (χ2v) is 11.9. The summed E-state index contributed by atoms with van der Waals surface area (Å²) < 4.78 is 52.5. The Morgan fingerprint density at radius 1 is 1.05 bits per heavy atom. The molecule has 0 saturated heterocycles. The molecule has 1 amide bonds. The largest absolute Gasteiger partial charge is 0.421 e. The molecule has 218 valence electrons. The van der Waals surface area contributed by atoms with Gasteiger partial charge in [-0.25, -0.2) is 4.98 Å². The number of aromatic nitrogens is 3. The normalized spacial score (nSPS) is 19.3. The zero-order valence-corrected chi connectivity index (χ0v) is 22.8. The van der Waals surface area contributed by atoms with E-state index in [1.165, 1.54) is 12.1 Å². The van der Waals surface area contributed by atoms with Crippen molar-refractivity contribution in [2.45, 2.75) is 56.6 Å². The SMILES string of the molecule is CN1Cc2c(C3CCC(O)CC3)ccc(Nc3ncc(C(F)(F)F)c(Nc4ccc(CP(=O)(O)O)nc4)n3)c2C1=O. The maximum absolute atomic E-state index is 13.8. The fourth-order valence-corrected chi connectivity index (χ4v) is 5.87. The molecule has 0 radical (unpaired) electrons. The molecule has 5 N–H and O–H groups in total. The average molecular weight is 593 g/mol. The summed E-state index contributed by atoms with van der Waals surface area (Å²) in [4.78, 5) is 44.7. The minimum absolute atomic E-state index is 0.0707. The molecule has 1 saturated carbocycles. The molecule has 1 aliphatic heterocycles. The molecule has 1 aliphatic carbocycles. The Kier molecular flexibility index (Phi) is 7.77. The number of hydrogen-bond donors (Lipinski definition) is 5. The summed E-state index contributed by atoms with van der Waals surface area (Å²) >= 11 is 0. The first-order chi connectivity index (χ1) is 19.3. The number of nitrogens with one attached hydrogen (secondary N) is 2. The molecule has 5 rings (SSSR count). The third kappa shape index (κ3) is 6.51. The molecule has 1 aromatic carbocycles. The quantitative estimate of drug-likeness (QED) is 0.244. The van der Waals surface area contributed by atoms with Crippen LogP contribution >= 0.6 is 7.60 Å². The lowest BCUT2D eigenvalue weighted by molar-refractivity contribution is -0.137. The molecule has 2 aliphatic rings. The Hall–Kier alpha value is -3.58. The van der Waals surface area contributed by atoms with Crippen LogP contribution in [0.3, 0.4) is 0 Å². The van der Waals surface area contributed by atoms with Crippen LogP contribution in [-0.2, 0) is 23.4 Å². The maximum Gasteiger partial charge on any atom is 0.421 e. The lowest BCUT2D eigenvalue weighted by Crippen LogP contribution is -2.18. The lowest BCUT2D eigenvalue weighted by Gasteiger charge is -2.27. The first-order valence-electron chi connectivity index (χ1n) is 12.9. The standard InChI is InChI=1S/C26H28F3N6O5P/c1-35-12-19-18(14-2-6-17(36)7-3-14)8-9-21(22(19)24(35)37)33-25-31-11-20(26(27,28)29)23(34-25)32-15-4-5-16(30-10-15)13-41(38,39)40/h4-5,8-11,14,17,36H,2-3,6-7,12-13H2,1H3,(H2,38,39,40)(H2,31,32,33,34). The van der Waals surface area contributed by atoms with Crippen molar-refractivity contribution in [3.8, 4) is 0 Å². The summed E-state index contributed by atoms with van der Waals surface area (Å²) in [6.07, 6.45) is -0.993. The molecule has 41 heavy (non-hydrogen) atoms. The minimum Gasteiger partial charge on any atom is -0.393 e. The molecular formula is C26H28F3N6O5P. The highest BCUT2D eigenvalue weighted by Crippen LogP contribution is 2.42. The van der Waals surface area contributed by atoms with Gasteiger partial charge in [0.25, 0.3) is 5.91 Å². The Balaban J connectivity index is 1.45. The molecule has 0 bridgehead atoms. The molecule has 3 heterocycles. The number of hydrogen-bond acceptors (Lipinski definition) is 8. The Morgan fingerprint density at radius 2 is 1.78 bits per heavy atom. The van der Waals surface area contributed by atoms with Gasteiger partial charge in [-0.3, -0.25) is 14.3 Å². The summed E-state index contributed by atoms with van der Waals surface area (Å²) in [6, 6.07) is 6.23. The molecule has 2 aromatic heterocycles. The molecule has 11 nitrogen and oxygen atoms in total. The minimum atomic E-state index is -4.79. The van der Waals surface area contributed by atoms with Crippen LogP contribution < -0.4 is 10.6 Å². The van der Waals surface area contributed by atoms with Gasteiger partial charge in [0.05, 0.1) is 41.1 Å².